The molecule has 0 amide bonds. The zero-order valence-electron chi connectivity index (χ0n) is 10.6. The summed E-state index contributed by atoms with van der Waals surface area (Å²) in [5.74, 6) is 0.577. The van der Waals surface area contributed by atoms with Crippen LogP contribution in [-0.4, -0.2) is 27.0 Å². The molecule has 0 radical (unpaired) electrons. The van der Waals surface area contributed by atoms with Crippen LogP contribution in [0.5, 0.6) is 5.75 Å². The SMILES string of the molecule is CCCn1cc(C(O)c2ccncc2OC)cn1. The quantitative estimate of drug-likeness (QED) is 0.875. The van der Waals surface area contributed by atoms with Crippen molar-refractivity contribution in [3.8, 4) is 5.75 Å². The molecule has 1 unspecified atom stereocenters. The number of rotatable bonds is 5. The topological polar surface area (TPSA) is 60.2 Å². The molecule has 2 heterocycles. The lowest BCUT2D eigenvalue weighted by atomic mass is 10.1. The number of ether oxygens (including phenoxy) is 1. The highest BCUT2D eigenvalue weighted by atomic mass is 16.5. The van der Waals surface area contributed by atoms with Crippen molar-refractivity contribution in [2.75, 3.05) is 7.11 Å². The van der Waals surface area contributed by atoms with E-state index in [9.17, 15) is 5.11 Å². The molecular formula is C13H17N3O2. The fraction of sp³-hybridized carbons (Fsp3) is 0.385. The monoisotopic (exact) mass is 247 g/mol. The Balaban J connectivity index is 2.26. The van der Waals surface area contributed by atoms with E-state index in [-0.39, 0.29) is 0 Å². The summed E-state index contributed by atoms with van der Waals surface area (Å²) >= 11 is 0. The summed E-state index contributed by atoms with van der Waals surface area (Å²) in [4.78, 5) is 3.97. The molecule has 0 bridgehead atoms. The molecule has 0 aliphatic rings. The molecule has 2 aromatic rings. The lowest BCUT2D eigenvalue weighted by Crippen LogP contribution is -2.02. The third-order valence-electron chi connectivity index (χ3n) is 2.75. The van der Waals surface area contributed by atoms with Crippen molar-refractivity contribution in [3.05, 3.63) is 42.0 Å². The van der Waals surface area contributed by atoms with Crippen molar-refractivity contribution in [2.45, 2.75) is 26.0 Å². The first-order valence-electron chi connectivity index (χ1n) is 5.94. The Hall–Kier alpha value is -1.88. The average Bonchev–Trinajstić information content (AvgIpc) is 2.87. The Morgan fingerprint density at radius 3 is 3.00 bits per heavy atom. The van der Waals surface area contributed by atoms with Crippen LogP contribution in [0.2, 0.25) is 0 Å². The van der Waals surface area contributed by atoms with E-state index >= 15 is 0 Å². The normalized spacial score (nSPS) is 12.4. The standard InChI is InChI=1S/C13H17N3O2/c1-3-6-16-9-10(7-15-16)13(17)11-4-5-14-8-12(11)18-2/h4-5,7-9,13,17H,3,6H2,1-2H3. The number of aryl methyl sites for hydroxylation is 1. The Morgan fingerprint density at radius 2 is 2.28 bits per heavy atom. The van der Waals surface area contributed by atoms with Crippen LogP contribution in [0.15, 0.2) is 30.9 Å². The third-order valence-corrected chi connectivity index (χ3v) is 2.75. The smallest absolute Gasteiger partial charge is 0.143 e. The summed E-state index contributed by atoms with van der Waals surface area (Å²) in [6, 6.07) is 1.75. The van der Waals surface area contributed by atoms with Gasteiger partial charge in [0.25, 0.3) is 0 Å². The van der Waals surface area contributed by atoms with Gasteiger partial charge in [-0.2, -0.15) is 5.10 Å². The number of methoxy groups -OCH3 is 1. The first-order valence-corrected chi connectivity index (χ1v) is 5.94. The predicted molar refractivity (Wildman–Crippen MR) is 67.4 cm³/mol. The van der Waals surface area contributed by atoms with Gasteiger partial charge in [-0.15, -0.1) is 0 Å². The molecule has 1 atom stereocenters. The van der Waals surface area contributed by atoms with Crippen LogP contribution >= 0.6 is 0 Å². The highest BCUT2D eigenvalue weighted by molar-refractivity contribution is 5.36. The van der Waals surface area contributed by atoms with Gasteiger partial charge in [-0.25, -0.2) is 0 Å². The van der Waals surface area contributed by atoms with Crippen LogP contribution in [0.1, 0.15) is 30.6 Å². The van der Waals surface area contributed by atoms with Gasteiger partial charge in [0.1, 0.15) is 11.9 Å². The largest absolute Gasteiger partial charge is 0.495 e. The van der Waals surface area contributed by atoms with Crippen LogP contribution in [0.3, 0.4) is 0 Å². The van der Waals surface area contributed by atoms with E-state index in [1.807, 2.05) is 10.9 Å². The summed E-state index contributed by atoms with van der Waals surface area (Å²) in [5.41, 5.74) is 1.46. The molecule has 0 spiro atoms. The van der Waals surface area contributed by atoms with Gasteiger partial charge >= 0.3 is 0 Å². The van der Waals surface area contributed by atoms with Gasteiger partial charge in [-0.1, -0.05) is 6.92 Å². The van der Waals surface area contributed by atoms with Crippen LogP contribution in [0.25, 0.3) is 0 Å². The zero-order chi connectivity index (χ0) is 13.0. The van der Waals surface area contributed by atoms with Gasteiger partial charge in [0.15, 0.2) is 0 Å². The molecule has 0 saturated carbocycles. The first kappa shape index (κ1) is 12.6. The van der Waals surface area contributed by atoms with Gasteiger partial charge in [0, 0.05) is 30.1 Å². The zero-order valence-corrected chi connectivity index (χ0v) is 10.6. The fourth-order valence-electron chi connectivity index (χ4n) is 1.84. The Morgan fingerprint density at radius 1 is 1.44 bits per heavy atom. The highest BCUT2D eigenvalue weighted by Gasteiger charge is 2.16. The molecule has 0 aliphatic heterocycles. The van der Waals surface area contributed by atoms with Gasteiger partial charge in [-0.3, -0.25) is 9.67 Å². The van der Waals surface area contributed by atoms with Crippen LogP contribution in [0.4, 0.5) is 0 Å². The number of hydrogen-bond donors (Lipinski definition) is 1. The number of aromatic nitrogens is 3. The molecule has 0 aliphatic carbocycles. The lowest BCUT2D eigenvalue weighted by Gasteiger charge is -2.12. The summed E-state index contributed by atoms with van der Waals surface area (Å²) in [6.45, 7) is 2.93. The second kappa shape index (κ2) is 5.64. The Labute approximate surface area is 106 Å². The molecular weight excluding hydrogens is 230 g/mol. The Kier molecular flexibility index (Phi) is 3.94. The maximum atomic E-state index is 10.3. The molecule has 0 aromatic carbocycles. The fourth-order valence-corrected chi connectivity index (χ4v) is 1.84. The van der Waals surface area contributed by atoms with Crippen LogP contribution in [-0.2, 0) is 6.54 Å². The maximum absolute atomic E-state index is 10.3. The maximum Gasteiger partial charge on any atom is 0.143 e. The Bertz CT molecular complexity index is 510. The van der Waals surface area contributed by atoms with Crippen molar-refractivity contribution in [2.24, 2.45) is 0 Å². The van der Waals surface area contributed by atoms with E-state index in [4.69, 9.17) is 4.74 Å². The van der Waals surface area contributed by atoms with Crippen molar-refractivity contribution in [1.82, 2.24) is 14.8 Å². The van der Waals surface area contributed by atoms with E-state index in [1.165, 1.54) is 0 Å². The molecule has 1 N–H and O–H groups in total. The van der Waals surface area contributed by atoms with Crippen molar-refractivity contribution in [1.29, 1.82) is 0 Å². The number of hydrogen-bond acceptors (Lipinski definition) is 4. The highest BCUT2D eigenvalue weighted by Crippen LogP contribution is 2.28. The first-order chi connectivity index (χ1) is 8.76. The minimum absolute atomic E-state index is 0.577. The molecule has 5 heteroatoms. The molecule has 2 aromatic heterocycles. The van der Waals surface area contributed by atoms with Gasteiger partial charge < -0.3 is 9.84 Å². The number of aliphatic hydroxyl groups excluding tert-OH is 1. The van der Waals surface area contributed by atoms with Crippen molar-refractivity contribution in [3.63, 3.8) is 0 Å². The van der Waals surface area contributed by atoms with E-state index in [0.29, 0.717) is 11.3 Å². The lowest BCUT2D eigenvalue weighted by molar-refractivity contribution is 0.214. The second-order valence-corrected chi connectivity index (χ2v) is 4.06. The predicted octanol–water partition coefficient (Wildman–Crippen LogP) is 1.78. The van der Waals surface area contributed by atoms with Crippen LogP contribution < -0.4 is 4.74 Å². The van der Waals surface area contributed by atoms with Crippen molar-refractivity contribution >= 4 is 0 Å². The third kappa shape index (κ3) is 2.51. The van der Waals surface area contributed by atoms with Crippen LogP contribution in [0, 0.1) is 0 Å². The number of nitrogens with zero attached hydrogens (tertiary/aromatic N) is 3. The summed E-state index contributed by atoms with van der Waals surface area (Å²) in [5, 5.41) is 14.5. The molecule has 5 nitrogen and oxygen atoms in total. The van der Waals surface area contributed by atoms with Crippen molar-refractivity contribution < 1.29 is 9.84 Å². The molecule has 2 rings (SSSR count). The molecule has 0 saturated heterocycles. The number of aliphatic hydroxyl groups is 1. The van der Waals surface area contributed by atoms with E-state index in [1.54, 1.807) is 31.8 Å². The minimum atomic E-state index is -0.742. The summed E-state index contributed by atoms with van der Waals surface area (Å²) < 4.78 is 7.02. The molecule has 18 heavy (non-hydrogen) atoms. The molecule has 0 fully saturated rings. The van der Waals surface area contributed by atoms with E-state index in [2.05, 4.69) is 17.0 Å². The van der Waals surface area contributed by atoms with Gasteiger partial charge in [-0.05, 0) is 12.5 Å². The minimum Gasteiger partial charge on any atom is -0.495 e. The number of pyridine rings is 1. The summed E-state index contributed by atoms with van der Waals surface area (Å²) in [6.07, 6.45) is 7.03. The van der Waals surface area contributed by atoms with E-state index < -0.39 is 6.10 Å². The summed E-state index contributed by atoms with van der Waals surface area (Å²) in [7, 11) is 1.56. The average molecular weight is 247 g/mol. The second-order valence-electron chi connectivity index (χ2n) is 4.06. The van der Waals surface area contributed by atoms with E-state index in [0.717, 1.165) is 18.5 Å². The van der Waals surface area contributed by atoms with Gasteiger partial charge in [0.05, 0.1) is 19.5 Å². The molecule has 96 valence electrons. The van der Waals surface area contributed by atoms with Gasteiger partial charge in [0.2, 0.25) is 0 Å².